The molecule has 0 bridgehead atoms. The summed E-state index contributed by atoms with van der Waals surface area (Å²) in [6, 6.07) is 32.3. The highest BCUT2D eigenvalue weighted by Gasteiger charge is 2.12. The molecule has 3 aromatic rings. The molecule has 0 spiro atoms. The van der Waals surface area contributed by atoms with Crippen LogP contribution in [0, 0.1) is 18.3 Å². The van der Waals surface area contributed by atoms with E-state index in [1.807, 2.05) is 11.8 Å². The Morgan fingerprint density at radius 2 is 1.50 bits per heavy atom. The van der Waals surface area contributed by atoms with E-state index in [9.17, 15) is 0 Å². The minimum atomic E-state index is 0.587. The van der Waals surface area contributed by atoms with Gasteiger partial charge in [0.15, 0.2) is 0 Å². The number of nitrogens with zero attached hydrogens (tertiary/aromatic N) is 1. The summed E-state index contributed by atoms with van der Waals surface area (Å²) in [6.07, 6.45) is 3.28. The van der Waals surface area contributed by atoms with Crippen molar-refractivity contribution in [1.82, 2.24) is 0 Å². The first-order valence-electron chi connectivity index (χ1n) is 9.69. The van der Waals surface area contributed by atoms with E-state index in [1.54, 1.807) is 0 Å². The second-order valence-electron chi connectivity index (χ2n) is 6.86. The molecule has 0 unspecified atom stereocenters. The lowest BCUT2D eigenvalue weighted by atomic mass is 9.97. The van der Waals surface area contributed by atoms with Crippen LogP contribution in [0.5, 0.6) is 0 Å². The highest BCUT2D eigenvalue weighted by Crippen LogP contribution is 2.37. The molecule has 0 saturated carbocycles. The number of hydrogen-bond donors (Lipinski definition) is 0. The molecule has 28 heavy (non-hydrogen) atoms. The lowest BCUT2D eigenvalue weighted by Crippen LogP contribution is -1.95. The molecule has 3 rings (SSSR count). The maximum atomic E-state index is 9.01. The van der Waals surface area contributed by atoms with Gasteiger partial charge in [0.1, 0.15) is 0 Å². The third kappa shape index (κ3) is 5.87. The van der Waals surface area contributed by atoms with Gasteiger partial charge in [-0.25, -0.2) is 0 Å². The summed E-state index contributed by atoms with van der Waals surface area (Å²) < 4.78 is 0. The number of thioether (sulfide) groups is 1. The van der Waals surface area contributed by atoms with Crippen LogP contribution in [0.3, 0.4) is 0 Å². The Bertz CT molecular complexity index is 935. The Kier molecular flexibility index (Phi) is 7.53. The Hall–Kier alpha value is -2.76. The van der Waals surface area contributed by atoms with Crippen LogP contribution in [0.2, 0.25) is 0 Å². The van der Waals surface area contributed by atoms with Crippen molar-refractivity contribution < 1.29 is 0 Å². The standard InChI is InChI=1S/C26H25NS/c1-21-15-17-24(18-16-21)28-26(20-22-10-4-2-5-11-22)25(14-8-9-19-27)23-12-6-3-7-13-23/h2-7,10-13,15-18H,8-9,14,20H2,1H3/b26-25+. The molecular formula is C26H25NS. The van der Waals surface area contributed by atoms with Gasteiger partial charge in [-0.15, -0.1) is 0 Å². The van der Waals surface area contributed by atoms with E-state index in [4.69, 9.17) is 5.26 Å². The van der Waals surface area contributed by atoms with Gasteiger partial charge in [0.2, 0.25) is 0 Å². The Morgan fingerprint density at radius 3 is 2.14 bits per heavy atom. The van der Waals surface area contributed by atoms with E-state index >= 15 is 0 Å². The summed E-state index contributed by atoms with van der Waals surface area (Å²) in [5, 5.41) is 9.01. The first-order valence-corrected chi connectivity index (χ1v) is 10.5. The summed E-state index contributed by atoms with van der Waals surface area (Å²) in [5.74, 6) is 0. The summed E-state index contributed by atoms with van der Waals surface area (Å²) in [6.45, 7) is 2.12. The largest absolute Gasteiger partial charge is 0.198 e. The van der Waals surface area contributed by atoms with Crippen molar-refractivity contribution in [3.63, 3.8) is 0 Å². The minimum Gasteiger partial charge on any atom is -0.198 e. The van der Waals surface area contributed by atoms with Crippen molar-refractivity contribution in [2.45, 2.75) is 37.5 Å². The third-order valence-corrected chi connectivity index (χ3v) is 5.79. The van der Waals surface area contributed by atoms with Gasteiger partial charge >= 0.3 is 0 Å². The Balaban J connectivity index is 2.02. The van der Waals surface area contributed by atoms with E-state index in [1.165, 1.54) is 32.1 Å². The van der Waals surface area contributed by atoms with Gasteiger partial charge in [0, 0.05) is 17.7 Å². The number of hydrogen-bond acceptors (Lipinski definition) is 2. The second kappa shape index (κ2) is 10.5. The molecule has 0 amide bonds. The number of benzene rings is 3. The maximum Gasteiger partial charge on any atom is 0.0621 e. The van der Waals surface area contributed by atoms with Gasteiger partial charge in [-0.2, -0.15) is 5.26 Å². The van der Waals surface area contributed by atoms with E-state index in [2.05, 4.69) is 97.9 Å². The monoisotopic (exact) mass is 383 g/mol. The fourth-order valence-corrected chi connectivity index (χ4v) is 4.30. The normalized spacial score (nSPS) is 11.6. The van der Waals surface area contributed by atoms with E-state index in [0.717, 1.165) is 19.3 Å². The Morgan fingerprint density at radius 1 is 0.857 bits per heavy atom. The molecule has 0 aliphatic rings. The lowest BCUT2D eigenvalue weighted by molar-refractivity contribution is 0.885. The van der Waals surface area contributed by atoms with Crippen LogP contribution < -0.4 is 0 Å². The van der Waals surface area contributed by atoms with Gasteiger partial charge in [-0.3, -0.25) is 0 Å². The van der Waals surface area contributed by atoms with Crippen molar-refractivity contribution in [3.8, 4) is 6.07 Å². The molecule has 0 aromatic heterocycles. The summed E-state index contributed by atoms with van der Waals surface area (Å²) in [5.41, 5.74) is 5.19. The zero-order valence-corrected chi connectivity index (χ0v) is 17.1. The molecule has 0 fully saturated rings. The van der Waals surface area contributed by atoms with E-state index in [0.29, 0.717) is 6.42 Å². The fraction of sp³-hybridized carbons (Fsp3) is 0.192. The molecule has 0 aliphatic heterocycles. The van der Waals surface area contributed by atoms with Crippen molar-refractivity contribution in [3.05, 3.63) is 107 Å². The third-order valence-electron chi connectivity index (χ3n) is 4.64. The predicted octanol–water partition coefficient (Wildman–Crippen LogP) is 7.44. The smallest absolute Gasteiger partial charge is 0.0621 e. The van der Waals surface area contributed by atoms with Gasteiger partial charge < -0.3 is 0 Å². The van der Waals surface area contributed by atoms with Crippen LogP contribution in [0.25, 0.3) is 5.57 Å². The topological polar surface area (TPSA) is 23.8 Å². The molecule has 2 heteroatoms. The van der Waals surface area contributed by atoms with Crippen LogP contribution >= 0.6 is 11.8 Å². The number of unbranched alkanes of at least 4 members (excludes halogenated alkanes) is 1. The quantitative estimate of drug-likeness (QED) is 0.298. The van der Waals surface area contributed by atoms with Gasteiger partial charge in [-0.1, -0.05) is 90.1 Å². The highest BCUT2D eigenvalue weighted by molar-refractivity contribution is 8.03. The number of allylic oxidation sites excluding steroid dienone is 2. The molecule has 0 heterocycles. The average molecular weight is 384 g/mol. The van der Waals surface area contributed by atoms with Crippen LogP contribution in [0.4, 0.5) is 0 Å². The van der Waals surface area contributed by atoms with Crippen molar-refractivity contribution in [1.29, 1.82) is 5.26 Å². The maximum absolute atomic E-state index is 9.01. The zero-order valence-electron chi connectivity index (χ0n) is 16.3. The summed E-state index contributed by atoms with van der Waals surface area (Å²) in [4.78, 5) is 2.62. The zero-order chi connectivity index (χ0) is 19.6. The van der Waals surface area contributed by atoms with Crippen LogP contribution in [-0.2, 0) is 6.42 Å². The number of aryl methyl sites for hydroxylation is 1. The average Bonchev–Trinajstić information content (AvgIpc) is 2.74. The lowest BCUT2D eigenvalue weighted by Gasteiger charge is -2.16. The van der Waals surface area contributed by atoms with Crippen molar-refractivity contribution >= 4 is 17.3 Å². The predicted molar refractivity (Wildman–Crippen MR) is 120 cm³/mol. The van der Waals surface area contributed by atoms with Gasteiger partial charge in [0.25, 0.3) is 0 Å². The number of rotatable bonds is 8. The summed E-state index contributed by atoms with van der Waals surface area (Å²) in [7, 11) is 0. The van der Waals surface area contributed by atoms with Crippen molar-refractivity contribution in [2.24, 2.45) is 0 Å². The molecule has 0 aliphatic carbocycles. The molecule has 140 valence electrons. The molecule has 3 aromatic carbocycles. The molecular weight excluding hydrogens is 358 g/mol. The minimum absolute atomic E-state index is 0.587. The SMILES string of the molecule is Cc1ccc(S/C(Cc2ccccc2)=C(\CCCC#N)c2ccccc2)cc1. The highest BCUT2D eigenvalue weighted by atomic mass is 32.2. The molecule has 0 atom stereocenters. The molecule has 0 saturated heterocycles. The molecule has 1 nitrogen and oxygen atoms in total. The first kappa shape index (κ1) is 20.0. The van der Waals surface area contributed by atoms with Gasteiger partial charge in [0.05, 0.1) is 6.07 Å². The van der Waals surface area contributed by atoms with E-state index in [-0.39, 0.29) is 0 Å². The van der Waals surface area contributed by atoms with Crippen LogP contribution in [0.1, 0.15) is 36.0 Å². The van der Waals surface area contributed by atoms with Crippen LogP contribution in [0.15, 0.2) is 94.7 Å². The van der Waals surface area contributed by atoms with E-state index < -0.39 is 0 Å². The van der Waals surface area contributed by atoms with Crippen molar-refractivity contribution in [2.75, 3.05) is 0 Å². The number of nitriles is 1. The fourth-order valence-electron chi connectivity index (χ4n) is 3.16. The summed E-state index contributed by atoms with van der Waals surface area (Å²) >= 11 is 1.85. The Labute approximate surface area is 172 Å². The van der Waals surface area contributed by atoms with Gasteiger partial charge in [-0.05, 0) is 53.5 Å². The second-order valence-corrected chi connectivity index (χ2v) is 8.03. The first-order chi connectivity index (χ1) is 13.8. The molecule has 0 N–H and O–H groups in total. The van der Waals surface area contributed by atoms with Crippen LogP contribution in [-0.4, -0.2) is 0 Å². The molecule has 0 radical (unpaired) electrons.